The smallest absolute Gasteiger partial charge is 0.333 e. The highest BCUT2D eigenvalue weighted by Gasteiger charge is 2.24. The molecule has 2 aromatic heterocycles. The molecule has 0 saturated carbocycles. The molecule has 7 nitrogen and oxygen atoms in total. The van der Waals surface area contributed by atoms with Crippen molar-refractivity contribution in [1.29, 1.82) is 0 Å². The van der Waals surface area contributed by atoms with Crippen molar-refractivity contribution in [2.24, 2.45) is 7.05 Å². The summed E-state index contributed by atoms with van der Waals surface area (Å²) in [7, 11) is 1.71. The minimum atomic E-state index is -0.619. The van der Waals surface area contributed by atoms with Crippen LogP contribution in [0.5, 0.6) is 0 Å². The first-order valence-corrected chi connectivity index (χ1v) is 4.61. The Morgan fingerprint density at radius 2 is 2.19 bits per heavy atom. The Kier molecular flexibility index (Phi) is 2.53. The number of rotatable bonds is 2. The number of hydrogen-bond donors (Lipinski definition) is 0. The molecule has 0 saturated heterocycles. The van der Waals surface area contributed by atoms with Crippen LogP contribution in [0.4, 0.5) is 5.69 Å². The number of hydrogen-bond acceptors (Lipinski definition) is 5. The fourth-order valence-corrected chi connectivity index (χ4v) is 1.48. The second kappa shape index (κ2) is 3.86. The summed E-state index contributed by atoms with van der Waals surface area (Å²) in [6, 6.07) is 0. The van der Waals surface area contributed by atoms with Gasteiger partial charge >= 0.3 is 5.69 Å². The summed E-state index contributed by atoms with van der Waals surface area (Å²) in [6.07, 6.45) is 4.35. The maximum Gasteiger partial charge on any atom is 0.335 e. The zero-order valence-corrected chi connectivity index (χ0v) is 8.92. The lowest BCUT2D eigenvalue weighted by Gasteiger charge is -2.02. The molecule has 16 heavy (non-hydrogen) atoms. The van der Waals surface area contributed by atoms with Gasteiger partial charge in [-0.15, -0.1) is 0 Å². The van der Waals surface area contributed by atoms with Gasteiger partial charge in [-0.25, -0.2) is 15.0 Å². The molecular weight excluding hydrogens is 234 g/mol. The van der Waals surface area contributed by atoms with E-state index >= 15 is 0 Å². The van der Waals surface area contributed by atoms with Crippen LogP contribution in [-0.2, 0) is 7.05 Å². The highest BCUT2D eigenvalue weighted by atomic mass is 35.5. The van der Waals surface area contributed by atoms with Gasteiger partial charge < -0.3 is 4.57 Å². The molecule has 0 N–H and O–H groups in total. The maximum atomic E-state index is 10.9. The lowest BCUT2D eigenvalue weighted by atomic mass is 10.3. The second-order valence-electron chi connectivity index (χ2n) is 2.98. The predicted octanol–water partition coefficient (Wildman–Crippen LogP) is 1.44. The molecular formula is C8H6ClN5O2. The van der Waals surface area contributed by atoms with Gasteiger partial charge in [0.15, 0.2) is 11.5 Å². The van der Waals surface area contributed by atoms with E-state index in [0.717, 1.165) is 0 Å². The molecule has 2 rings (SSSR count). The largest absolute Gasteiger partial charge is 0.335 e. The summed E-state index contributed by atoms with van der Waals surface area (Å²) >= 11 is 5.66. The Bertz CT molecular complexity index is 553. The van der Waals surface area contributed by atoms with Gasteiger partial charge in [0, 0.05) is 19.4 Å². The van der Waals surface area contributed by atoms with E-state index in [2.05, 4.69) is 15.0 Å². The number of aryl methyl sites for hydroxylation is 1. The van der Waals surface area contributed by atoms with Crippen LogP contribution in [0.15, 0.2) is 18.7 Å². The van der Waals surface area contributed by atoms with Crippen molar-refractivity contribution in [1.82, 2.24) is 19.5 Å². The number of aromatic nitrogens is 4. The van der Waals surface area contributed by atoms with Crippen LogP contribution in [0.2, 0.25) is 5.15 Å². The van der Waals surface area contributed by atoms with E-state index in [1.54, 1.807) is 17.8 Å². The zero-order chi connectivity index (χ0) is 11.7. The van der Waals surface area contributed by atoms with E-state index in [4.69, 9.17) is 11.6 Å². The normalized spacial score (nSPS) is 10.4. The number of halogens is 1. The molecule has 2 heterocycles. The van der Waals surface area contributed by atoms with E-state index in [0.29, 0.717) is 5.82 Å². The summed E-state index contributed by atoms with van der Waals surface area (Å²) in [5.74, 6) is 0.371. The predicted molar refractivity (Wildman–Crippen MR) is 55.9 cm³/mol. The van der Waals surface area contributed by atoms with Crippen LogP contribution in [-0.4, -0.2) is 24.4 Å². The Labute approximate surface area is 94.9 Å². The minimum absolute atomic E-state index is 0.109. The van der Waals surface area contributed by atoms with E-state index < -0.39 is 4.92 Å². The highest BCUT2D eigenvalue weighted by molar-refractivity contribution is 6.31. The van der Waals surface area contributed by atoms with E-state index in [9.17, 15) is 10.1 Å². The molecule has 82 valence electrons. The number of nitrogens with zero attached hydrogens (tertiary/aromatic N) is 5. The van der Waals surface area contributed by atoms with Gasteiger partial charge in [-0.3, -0.25) is 10.1 Å². The number of imidazole rings is 1. The van der Waals surface area contributed by atoms with Crippen LogP contribution in [0.3, 0.4) is 0 Å². The summed E-state index contributed by atoms with van der Waals surface area (Å²) < 4.78 is 1.62. The third-order valence-electron chi connectivity index (χ3n) is 1.99. The first-order valence-electron chi connectivity index (χ1n) is 4.24. The summed E-state index contributed by atoms with van der Waals surface area (Å²) in [5.41, 5.74) is -0.226. The summed E-state index contributed by atoms with van der Waals surface area (Å²) in [4.78, 5) is 21.6. The average molecular weight is 240 g/mol. The Morgan fingerprint density at radius 1 is 1.44 bits per heavy atom. The lowest BCUT2D eigenvalue weighted by molar-refractivity contribution is -0.384. The average Bonchev–Trinajstić information content (AvgIpc) is 2.63. The molecule has 0 aromatic carbocycles. The Hall–Kier alpha value is -2.02. The summed E-state index contributed by atoms with van der Waals surface area (Å²) in [5, 5.41) is 10.7. The second-order valence-corrected chi connectivity index (χ2v) is 3.34. The Balaban J connectivity index is 2.70. The molecule has 0 spiro atoms. The van der Waals surface area contributed by atoms with Gasteiger partial charge in [0.25, 0.3) is 0 Å². The van der Waals surface area contributed by atoms with Crippen LogP contribution >= 0.6 is 11.6 Å². The van der Waals surface area contributed by atoms with Gasteiger partial charge in [0.2, 0.25) is 5.15 Å². The number of nitro groups is 1. The topological polar surface area (TPSA) is 86.7 Å². The van der Waals surface area contributed by atoms with E-state index in [1.807, 2.05) is 0 Å². The van der Waals surface area contributed by atoms with Crippen LogP contribution in [0.25, 0.3) is 11.5 Å². The molecule has 0 aliphatic heterocycles. The third-order valence-corrected chi connectivity index (χ3v) is 2.27. The fraction of sp³-hybridized carbons (Fsp3) is 0.125. The quantitative estimate of drug-likeness (QED) is 0.450. The van der Waals surface area contributed by atoms with Gasteiger partial charge in [0.1, 0.15) is 6.33 Å². The van der Waals surface area contributed by atoms with Gasteiger partial charge in [0.05, 0.1) is 4.92 Å². The molecule has 0 aliphatic carbocycles. The van der Waals surface area contributed by atoms with E-state index in [-0.39, 0.29) is 16.5 Å². The maximum absolute atomic E-state index is 10.9. The monoisotopic (exact) mass is 239 g/mol. The van der Waals surface area contributed by atoms with Crippen molar-refractivity contribution in [2.75, 3.05) is 0 Å². The molecule has 0 atom stereocenters. The molecule has 0 unspecified atom stereocenters. The van der Waals surface area contributed by atoms with Crippen LogP contribution in [0, 0.1) is 10.1 Å². The minimum Gasteiger partial charge on any atom is -0.333 e. The van der Waals surface area contributed by atoms with E-state index in [1.165, 1.54) is 12.5 Å². The first kappa shape index (κ1) is 10.5. The molecule has 8 heteroatoms. The molecule has 0 fully saturated rings. The van der Waals surface area contributed by atoms with Crippen LogP contribution in [0.1, 0.15) is 0 Å². The molecule has 0 aliphatic rings. The molecule has 0 radical (unpaired) electrons. The molecule has 2 aromatic rings. The van der Waals surface area contributed by atoms with Crippen molar-refractivity contribution < 1.29 is 4.92 Å². The van der Waals surface area contributed by atoms with Crippen molar-refractivity contribution in [3.8, 4) is 11.5 Å². The SMILES string of the molecule is Cn1ccnc1-c1ncnc(Cl)c1[N+](=O)[O-]. The van der Waals surface area contributed by atoms with Crippen molar-refractivity contribution in [3.63, 3.8) is 0 Å². The highest BCUT2D eigenvalue weighted by Crippen LogP contribution is 2.30. The first-order chi connectivity index (χ1) is 7.61. The molecule has 0 bridgehead atoms. The standard InChI is InChI=1S/C8H6ClN5O2/c1-13-3-2-10-8(13)5-6(14(15)16)7(9)12-4-11-5/h2-4H,1H3. The third kappa shape index (κ3) is 1.61. The van der Waals surface area contributed by atoms with Crippen molar-refractivity contribution >= 4 is 17.3 Å². The van der Waals surface area contributed by atoms with Crippen molar-refractivity contribution in [3.05, 3.63) is 34.0 Å². The summed E-state index contributed by atoms with van der Waals surface area (Å²) in [6.45, 7) is 0. The fourth-order valence-electron chi connectivity index (χ4n) is 1.28. The van der Waals surface area contributed by atoms with Crippen LogP contribution < -0.4 is 0 Å². The molecule has 0 amide bonds. The van der Waals surface area contributed by atoms with Gasteiger partial charge in [-0.1, -0.05) is 11.6 Å². The van der Waals surface area contributed by atoms with Gasteiger partial charge in [-0.05, 0) is 0 Å². The Morgan fingerprint density at radius 3 is 2.75 bits per heavy atom. The van der Waals surface area contributed by atoms with Crippen molar-refractivity contribution in [2.45, 2.75) is 0 Å². The zero-order valence-electron chi connectivity index (χ0n) is 8.16. The lowest BCUT2D eigenvalue weighted by Crippen LogP contribution is -2.01. The van der Waals surface area contributed by atoms with Gasteiger partial charge in [-0.2, -0.15) is 0 Å².